The highest BCUT2D eigenvalue weighted by Crippen LogP contribution is 2.30. The van der Waals surface area contributed by atoms with Crippen molar-refractivity contribution in [2.75, 3.05) is 5.32 Å². The van der Waals surface area contributed by atoms with Crippen LogP contribution in [0.2, 0.25) is 0 Å². The highest BCUT2D eigenvalue weighted by Gasteiger charge is 2.10. The molecule has 1 aromatic carbocycles. The van der Waals surface area contributed by atoms with E-state index in [-0.39, 0.29) is 0 Å². The van der Waals surface area contributed by atoms with Gasteiger partial charge in [-0.15, -0.1) is 0 Å². The summed E-state index contributed by atoms with van der Waals surface area (Å²) in [4.78, 5) is 8.69. The fourth-order valence-corrected chi connectivity index (χ4v) is 2.39. The molecule has 4 rings (SSSR count). The molecule has 0 unspecified atom stereocenters. The van der Waals surface area contributed by atoms with E-state index in [0.717, 1.165) is 33.7 Å². The molecule has 0 spiro atoms. The molecule has 22 heavy (non-hydrogen) atoms. The Morgan fingerprint density at radius 1 is 0.864 bits per heavy atom. The van der Waals surface area contributed by atoms with Gasteiger partial charge < -0.3 is 9.73 Å². The van der Waals surface area contributed by atoms with Crippen LogP contribution in [0.5, 0.6) is 0 Å². The molecule has 0 fully saturated rings. The van der Waals surface area contributed by atoms with Gasteiger partial charge in [0, 0.05) is 23.6 Å². The molecule has 4 heteroatoms. The molecule has 106 valence electrons. The number of hydrogen-bond acceptors (Lipinski definition) is 4. The van der Waals surface area contributed by atoms with Crippen molar-refractivity contribution in [1.29, 1.82) is 0 Å². The lowest BCUT2D eigenvalue weighted by atomic mass is 10.1. The van der Waals surface area contributed by atoms with Crippen molar-refractivity contribution in [2.45, 2.75) is 0 Å². The Balaban J connectivity index is 1.77. The van der Waals surface area contributed by atoms with Gasteiger partial charge in [0.2, 0.25) is 0 Å². The van der Waals surface area contributed by atoms with Crippen molar-refractivity contribution in [3.8, 4) is 11.1 Å². The molecule has 1 N–H and O–H groups in total. The number of rotatable bonds is 3. The largest absolute Gasteiger partial charge is 0.462 e. The first kappa shape index (κ1) is 12.6. The van der Waals surface area contributed by atoms with E-state index in [2.05, 4.69) is 27.4 Å². The average molecular weight is 287 g/mol. The molecule has 0 aliphatic rings. The van der Waals surface area contributed by atoms with Gasteiger partial charge in [-0.2, -0.15) is 0 Å². The van der Waals surface area contributed by atoms with Crippen LogP contribution in [0, 0.1) is 0 Å². The first-order valence-electron chi connectivity index (χ1n) is 7.01. The van der Waals surface area contributed by atoms with E-state index in [4.69, 9.17) is 4.42 Å². The summed E-state index contributed by atoms with van der Waals surface area (Å²) in [5, 5.41) is 3.27. The van der Waals surface area contributed by atoms with E-state index in [1.807, 2.05) is 42.5 Å². The fraction of sp³-hybridized carbons (Fsp3) is 0. The number of furan rings is 1. The third-order valence-corrected chi connectivity index (χ3v) is 3.45. The second kappa shape index (κ2) is 5.33. The first-order valence-corrected chi connectivity index (χ1v) is 7.01. The number of nitrogens with zero attached hydrogens (tertiary/aromatic N) is 2. The van der Waals surface area contributed by atoms with Crippen molar-refractivity contribution < 1.29 is 4.42 Å². The molecule has 0 aliphatic carbocycles. The Hall–Kier alpha value is -3.14. The number of aromatic nitrogens is 2. The van der Waals surface area contributed by atoms with Gasteiger partial charge in [0.25, 0.3) is 0 Å². The lowest BCUT2D eigenvalue weighted by molar-refractivity contribution is 0.616. The molecule has 4 aromatic rings. The zero-order valence-corrected chi connectivity index (χ0v) is 11.7. The fourth-order valence-electron chi connectivity index (χ4n) is 2.39. The molecule has 0 bridgehead atoms. The molecule has 0 saturated carbocycles. The van der Waals surface area contributed by atoms with Gasteiger partial charge in [0.1, 0.15) is 17.6 Å². The van der Waals surface area contributed by atoms with Crippen molar-refractivity contribution in [3.05, 3.63) is 73.3 Å². The minimum atomic E-state index is 0.775. The summed E-state index contributed by atoms with van der Waals surface area (Å²) in [6.07, 6.45) is 5.24. The van der Waals surface area contributed by atoms with Gasteiger partial charge in [0.05, 0.1) is 0 Å². The molecule has 0 aliphatic heterocycles. The van der Waals surface area contributed by atoms with Crippen LogP contribution in [0.4, 0.5) is 11.5 Å². The number of benzene rings is 1. The van der Waals surface area contributed by atoms with Gasteiger partial charge in [-0.25, -0.2) is 4.98 Å². The quantitative estimate of drug-likeness (QED) is 0.596. The second-order valence-electron chi connectivity index (χ2n) is 4.92. The molecule has 3 heterocycles. The van der Waals surface area contributed by atoms with Crippen LogP contribution < -0.4 is 5.32 Å². The Labute approximate surface area is 127 Å². The van der Waals surface area contributed by atoms with Gasteiger partial charge in [-0.3, -0.25) is 4.98 Å². The molecule has 4 nitrogen and oxygen atoms in total. The van der Waals surface area contributed by atoms with Gasteiger partial charge in [0.15, 0.2) is 5.58 Å². The summed E-state index contributed by atoms with van der Waals surface area (Å²) in [6.45, 7) is 0. The SMILES string of the molecule is c1ccc(-c2coc3ccc(Nc4ccncc4)nc23)cc1. The smallest absolute Gasteiger partial charge is 0.153 e. The number of hydrogen-bond donors (Lipinski definition) is 1. The number of fused-ring (bicyclic) bond motifs is 1. The minimum absolute atomic E-state index is 0.775. The monoisotopic (exact) mass is 287 g/mol. The maximum Gasteiger partial charge on any atom is 0.153 e. The Bertz CT molecular complexity index is 901. The summed E-state index contributed by atoms with van der Waals surface area (Å²) in [5.41, 5.74) is 4.67. The molecule has 0 saturated heterocycles. The molecular formula is C18H13N3O. The molecule has 3 aromatic heterocycles. The van der Waals surface area contributed by atoms with Gasteiger partial charge in [-0.05, 0) is 29.8 Å². The summed E-state index contributed by atoms with van der Waals surface area (Å²) < 4.78 is 5.61. The van der Waals surface area contributed by atoms with E-state index in [9.17, 15) is 0 Å². The Morgan fingerprint density at radius 3 is 2.50 bits per heavy atom. The lowest BCUT2D eigenvalue weighted by Gasteiger charge is -2.05. The van der Waals surface area contributed by atoms with Crippen LogP contribution in [0.1, 0.15) is 0 Å². The van der Waals surface area contributed by atoms with Crippen molar-refractivity contribution >= 4 is 22.6 Å². The van der Waals surface area contributed by atoms with Crippen LogP contribution >= 0.6 is 0 Å². The highest BCUT2D eigenvalue weighted by atomic mass is 16.3. The normalized spacial score (nSPS) is 10.7. The maximum absolute atomic E-state index is 5.61. The van der Waals surface area contributed by atoms with Crippen LogP contribution in [0.3, 0.4) is 0 Å². The lowest BCUT2D eigenvalue weighted by Crippen LogP contribution is -1.93. The summed E-state index contributed by atoms with van der Waals surface area (Å²) >= 11 is 0. The molecular weight excluding hydrogens is 274 g/mol. The zero-order chi connectivity index (χ0) is 14.8. The van der Waals surface area contributed by atoms with Gasteiger partial charge >= 0.3 is 0 Å². The molecule has 0 amide bonds. The average Bonchev–Trinajstić information content (AvgIpc) is 3.00. The van der Waals surface area contributed by atoms with Crippen LogP contribution in [-0.2, 0) is 0 Å². The number of nitrogens with one attached hydrogen (secondary N) is 1. The Morgan fingerprint density at radius 2 is 1.68 bits per heavy atom. The molecule has 0 atom stereocenters. The third-order valence-electron chi connectivity index (χ3n) is 3.45. The van der Waals surface area contributed by atoms with E-state index < -0.39 is 0 Å². The topological polar surface area (TPSA) is 51.0 Å². The highest BCUT2D eigenvalue weighted by molar-refractivity contribution is 5.91. The van der Waals surface area contributed by atoms with Crippen LogP contribution in [0.15, 0.2) is 77.7 Å². The molecule has 0 radical (unpaired) electrons. The van der Waals surface area contributed by atoms with E-state index in [0.29, 0.717) is 0 Å². The van der Waals surface area contributed by atoms with E-state index in [1.165, 1.54) is 0 Å². The first-order chi connectivity index (χ1) is 10.9. The number of pyridine rings is 2. The predicted molar refractivity (Wildman–Crippen MR) is 87.0 cm³/mol. The zero-order valence-electron chi connectivity index (χ0n) is 11.7. The van der Waals surface area contributed by atoms with Crippen molar-refractivity contribution in [1.82, 2.24) is 9.97 Å². The summed E-state index contributed by atoms with van der Waals surface area (Å²) in [7, 11) is 0. The van der Waals surface area contributed by atoms with Crippen LogP contribution in [0.25, 0.3) is 22.2 Å². The van der Waals surface area contributed by atoms with Crippen LogP contribution in [-0.4, -0.2) is 9.97 Å². The minimum Gasteiger partial charge on any atom is -0.462 e. The number of anilines is 2. The van der Waals surface area contributed by atoms with Crippen molar-refractivity contribution in [2.24, 2.45) is 0 Å². The van der Waals surface area contributed by atoms with Crippen molar-refractivity contribution in [3.63, 3.8) is 0 Å². The summed E-state index contributed by atoms with van der Waals surface area (Å²) in [5.74, 6) is 0.775. The predicted octanol–water partition coefficient (Wildman–Crippen LogP) is 4.63. The Kier molecular flexibility index (Phi) is 3.05. The second-order valence-corrected chi connectivity index (χ2v) is 4.92. The van der Waals surface area contributed by atoms with E-state index >= 15 is 0 Å². The van der Waals surface area contributed by atoms with Gasteiger partial charge in [-0.1, -0.05) is 30.3 Å². The standard InChI is InChI=1S/C18H13N3O/c1-2-4-13(5-3-1)15-12-22-16-6-7-17(21-18(15)16)20-14-8-10-19-11-9-14/h1-12H,(H,19,20,21). The maximum atomic E-state index is 5.61. The third kappa shape index (κ3) is 2.31. The summed E-state index contributed by atoms with van der Waals surface area (Å²) in [6, 6.07) is 17.7. The van der Waals surface area contributed by atoms with E-state index in [1.54, 1.807) is 18.7 Å².